The summed E-state index contributed by atoms with van der Waals surface area (Å²) in [4.78, 5) is 24.8. The number of carboxylic acids is 1. The molecule has 4 rings (SSSR count). The Morgan fingerprint density at radius 3 is 2.27 bits per heavy atom. The minimum Gasteiger partial charge on any atom is -0.478 e. The number of amidine groups is 1. The van der Waals surface area contributed by atoms with E-state index < -0.39 is 11.9 Å². The molecule has 0 fully saturated rings. The first kappa shape index (κ1) is 19.0. The van der Waals surface area contributed by atoms with Crippen LogP contribution in [0.2, 0.25) is 0 Å². The number of ether oxygens (including phenoxy) is 2. The molecular formula is C22H17N3O5. The van der Waals surface area contributed by atoms with Gasteiger partial charge in [0.2, 0.25) is 6.79 Å². The number of carboxylic acid groups (broad SMARTS) is 1. The molecule has 0 saturated carbocycles. The van der Waals surface area contributed by atoms with Crippen LogP contribution in [0.4, 0.5) is 5.69 Å². The summed E-state index contributed by atoms with van der Waals surface area (Å²) in [5.41, 5.74) is 7.59. The van der Waals surface area contributed by atoms with Crippen LogP contribution in [0.1, 0.15) is 26.3 Å². The molecule has 1 amide bonds. The summed E-state index contributed by atoms with van der Waals surface area (Å²) in [6, 6.07) is 16.1. The molecule has 0 saturated heterocycles. The van der Waals surface area contributed by atoms with E-state index in [0.717, 1.165) is 0 Å². The molecule has 0 aromatic heterocycles. The maximum atomic E-state index is 13.1. The van der Waals surface area contributed by atoms with Gasteiger partial charge in [0.25, 0.3) is 5.91 Å². The number of anilines is 1. The molecule has 30 heavy (non-hydrogen) atoms. The third-order valence-electron chi connectivity index (χ3n) is 4.66. The Morgan fingerprint density at radius 1 is 0.933 bits per heavy atom. The fourth-order valence-electron chi connectivity index (χ4n) is 3.19. The van der Waals surface area contributed by atoms with Crippen molar-refractivity contribution in [2.45, 2.75) is 0 Å². The number of fused-ring (bicyclic) bond motifs is 1. The second-order valence-corrected chi connectivity index (χ2v) is 6.55. The Hall–Kier alpha value is -4.33. The van der Waals surface area contributed by atoms with Crippen LogP contribution >= 0.6 is 0 Å². The summed E-state index contributed by atoms with van der Waals surface area (Å²) in [5.74, 6) is -0.777. The van der Waals surface area contributed by atoms with Crippen LogP contribution in [0.3, 0.4) is 0 Å². The summed E-state index contributed by atoms with van der Waals surface area (Å²) < 4.78 is 10.8. The zero-order valence-electron chi connectivity index (χ0n) is 15.6. The number of carbonyl (C=O) groups excluding carboxylic acids is 1. The number of nitrogens with two attached hydrogens (primary N) is 1. The van der Waals surface area contributed by atoms with Gasteiger partial charge >= 0.3 is 5.97 Å². The van der Waals surface area contributed by atoms with Crippen LogP contribution in [0.5, 0.6) is 11.5 Å². The number of rotatable bonds is 5. The van der Waals surface area contributed by atoms with Gasteiger partial charge in [-0.05, 0) is 53.6 Å². The van der Waals surface area contributed by atoms with Crippen molar-refractivity contribution in [1.82, 2.24) is 0 Å². The zero-order valence-corrected chi connectivity index (χ0v) is 15.6. The van der Waals surface area contributed by atoms with Crippen molar-refractivity contribution < 1.29 is 24.2 Å². The molecule has 0 radical (unpaired) electrons. The highest BCUT2D eigenvalue weighted by molar-refractivity contribution is 6.11. The third kappa shape index (κ3) is 3.53. The van der Waals surface area contributed by atoms with Crippen LogP contribution in [-0.2, 0) is 0 Å². The lowest BCUT2D eigenvalue weighted by molar-refractivity contribution is 0.0697. The Morgan fingerprint density at radius 2 is 1.60 bits per heavy atom. The highest BCUT2D eigenvalue weighted by atomic mass is 16.7. The van der Waals surface area contributed by atoms with Crippen molar-refractivity contribution >= 4 is 23.4 Å². The van der Waals surface area contributed by atoms with Crippen molar-refractivity contribution in [1.29, 1.82) is 5.41 Å². The fraction of sp³-hybridized carbons (Fsp3) is 0.0455. The van der Waals surface area contributed by atoms with E-state index in [1.165, 1.54) is 12.1 Å². The van der Waals surface area contributed by atoms with Crippen LogP contribution in [0.25, 0.3) is 11.1 Å². The normalized spacial score (nSPS) is 11.7. The molecular weight excluding hydrogens is 386 g/mol. The summed E-state index contributed by atoms with van der Waals surface area (Å²) >= 11 is 0. The number of carbonyl (C=O) groups is 2. The molecule has 0 aliphatic carbocycles. The average molecular weight is 403 g/mol. The lowest BCUT2D eigenvalue weighted by Gasteiger charge is -2.14. The molecule has 1 aliphatic rings. The standard InChI is InChI=1S/C22H17N3O5/c23-20(24)12-5-7-13(8-6-12)25-21(26)17-10-19-18(29-11-30-19)9-16(17)14-3-1-2-4-15(14)22(27)28/h1-10H,11H2,(H3,23,24)(H,25,26)(H,27,28). The van der Waals surface area contributed by atoms with Gasteiger partial charge in [-0.25, -0.2) is 4.79 Å². The second kappa shape index (κ2) is 7.59. The van der Waals surface area contributed by atoms with E-state index in [4.69, 9.17) is 20.6 Å². The van der Waals surface area contributed by atoms with E-state index in [-0.39, 0.29) is 23.8 Å². The number of benzene rings is 3. The second-order valence-electron chi connectivity index (χ2n) is 6.55. The van der Waals surface area contributed by atoms with Gasteiger partial charge in [-0.3, -0.25) is 10.2 Å². The van der Waals surface area contributed by atoms with Crippen molar-refractivity contribution in [2.24, 2.45) is 5.73 Å². The number of aromatic carboxylic acids is 1. The van der Waals surface area contributed by atoms with E-state index in [1.54, 1.807) is 48.5 Å². The Labute approximate surface area is 171 Å². The smallest absolute Gasteiger partial charge is 0.336 e. The van der Waals surface area contributed by atoms with E-state index in [2.05, 4.69) is 5.32 Å². The molecule has 3 aromatic rings. The van der Waals surface area contributed by atoms with Gasteiger partial charge in [0.15, 0.2) is 11.5 Å². The Kier molecular flexibility index (Phi) is 4.81. The number of hydrogen-bond donors (Lipinski definition) is 4. The van der Waals surface area contributed by atoms with Gasteiger partial charge in [-0.2, -0.15) is 0 Å². The number of nitrogen functional groups attached to an aromatic ring is 1. The lowest BCUT2D eigenvalue weighted by Crippen LogP contribution is -2.15. The van der Waals surface area contributed by atoms with Crippen LogP contribution < -0.4 is 20.5 Å². The molecule has 0 unspecified atom stereocenters. The number of hydrogen-bond acceptors (Lipinski definition) is 5. The predicted molar refractivity (Wildman–Crippen MR) is 110 cm³/mol. The summed E-state index contributed by atoms with van der Waals surface area (Å²) in [6.07, 6.45) is 0. The summed E-state index contributed by atoms with van der Waals surface area (Å²) in [7, 11) is 0. The summed E-state index contributed by atoms with van der Waals surface area (Å²) in [6.45, 7) is 0.0208. The van der Waals surface area contributed by atoms with Gasteiger partial charge in [0.1, 0.15) is 5.84 Å². The zero-order chi connectivity index (χ0) is 21.3. The van der Waals surface area contributed by atoms with Gasteiger partial charge < -0.3 is 25.6 Å². The summed E-state index contributed by atoms with van der Waals surface area (Å²) in [5, 5.41) is 19.8. The molecule has 0 spiro atoms. The van der Waals surface area contributed by atoms with Crippen molar-refractivity contribution in [2.75, 3.05) is 12.1 Å². The first-order chi connectivity index (χ1) is 14.4. The molecule has 1 aliphatic heterocycles. The monoisotopic (exact) mass is 403 g/mol. The minimum atomic E-state index is -1.10. The van der Waals surface area contributed by atoms with Crippen molar-refractivity contribution in [3.63, 3.8) is 0 Å². The van der Waals surface area contributed by atoms with Crippen LogP contribution in [0.15, 0.2) is 60.7 Å². The van der Waals surface area contributed by atoms with Gasteiger partial charge in [0, 0.05) is 11.3 Å². The van der Waals surface area contributed by atoms with E-state index >= 15 is 0 Å². The Bertz CT molecular complexity index is 1170. The molecule has 0 atom stereocenters. The first-order valence-electron chi connectivity index (χ1n) is 8.96. The molecule has 1 heterocycles. The average Bonchev–Trinajstić information content (AvgIpc) is 3.20. The molecule has 8 heteroatoms. The highest BCUT2D eigenvalue weighted by Gasteiger charge is 2.24. The number of nitrogens with one attached hydrogen (secondary N) is 2. The molecule has 3 aromatic carbocycles. The van der Waals surface area contributed by atoms with Gasteiger partial charge in [-0.15, -0.1) is 0 Å². The maximum Gasteiger partial charge on any atom is 0.336 e. The van der Waals surface area contributed by atoms with E-state index in [9.17, 15) is 14.7 Å². The lowest BCUT2D eigenvalue weighted by atomic mass is 9.94. The van der Waals surface area contributed by atoms with Gasteiger partial charge in [0.05, 0.1) is 11.1 Å². The maximum absolute atomic E-state index is 13.1. The highest BCUT2D eigenvalue weighted by Crippen LogP contribution is 2.40. The van der Waals surface area contributed by atoms with Crippen molar-refractivity contribution in [3.05, 3.63) is 77.4 Å². The first-order valence-corrected chi connectivity index (χ1v) is 8.96. The predicted octanol–water partition coefficient (Wildman–Crippen LogP) is 3.32. The largest absolute Gasteiger partial charge is 0.478 e. The quantitative estimate of drug-likeness (QED) is 0.381. The fourth-order valence-corrected chi connectivity index (χ4v) is 3.19. The van der Waals surface area contributed by atoms with Crippen LogP contribution in [0, 0.1) is 5.41 Å². The number of amides is 1. The third-order valence-corrected chi connectivity index (χ3v) is 4.66. The molecule has 150 valence electrons. The van der Waals surface area contributed by atoms with E-state index in [0.29, 0.717) is 33.9 Å². The van der Waals surface area contributed by atoms with E-state index in [1.807, 2.05) is 0 Å². The van der Waals surface area contributed by atoms with Gasteiger partial charge in [-0.1, -0.05) is 18.2 Å². The molecule has 0 bridgehead atoms. The molecule has 5 N–H and O–H groups in total. The van der Waals surface area contributed by atoms with Crippen molar-refractivity contribution in [3.8, 4) is 22.6 Å². The molecule has 8 nitrogen and oxygen atoms in total. The topological polar surface area (TPSA) is 135 Å². The van der Waals surface area contributed by atoms with Crippen LogP contribution in [-0.4, -0.2) is 29.6 Å². The minimum absolute atomic E-state index is 0.0208. The SMILES string of the molecule is N=C(N)c1ccc(NC(=O)c2cc3c(cc2-c2ccccc2C(=O)O)OCO3)cc1. The Balaban J connectivity index is 1.77.